The van der Waals surface area contributed by atoms with Crippen LogP contribution in [0.4, 0.5) is 24.5 Å². The average molecular weight is 270 g/mol. The molecule has 0 unspecified atom stereocenters. The van der Waals surface area contributed by atoms with E-state index >= 15 is 0 Å². The molecule has 0 aliphatic rings. The van der Waals surface area contributed by atoms with Crippen molar-refractivity contribution < 1.29 is 26.5 Å². The molecule has 0 heterocycles. The first-order valence-corrected chi connectivity index (χ1v) is 5.46. The minimum atomic E-state index is -5.66. The molecule has 1 rings (SSSR count). The van der Waals surface area contributed by atoms with Crippen LogP contribution in [0.1, 0.15) is 0 Å². The lowest BCUT2D eigenvalue weighted by Crippen LogP contribution is -2.30. The molecule has 6 nitrogen and oxygen atoms in total. The fourth-order valence-corrected chi connectivity index (χ4v) is 1.50. The third-order valence-corrected chi connectivity index (χ3v) is 2.75. The lowest BCUT2D eigenvalue weighted by Gasteiger charge is -2.10. The summed E-state index contributed by atoms with van der Waals surface area (Å²) in [5.41, 5.74) is -7.04. The molecule has 0 radical (unpaired) electrons. The van der Waals surface area contributed by atoms with Crippen LogP contribution >= 0.6 is 0 Å². The molecule has 10 heteroatoms. The number of nitrogens with zero attached hydrogens (tertiary/aromatic N) is 1. The predicted molar refractivity (Wildman–Crippen MR) is 51.7 cm³/mol. The Labute approximate surface area is 93.3 Å². The number of halogens is 3. The van der Waals surface area contributed by atoms with E-state index < -0.39 is 31.8 Å². The third-order valence-electron chi connectivity index (χ3n) is 1.65. The molecule has 0 aliphatic heterocycles. The zero-order valence-electron chi connectivity index (χ0n) is 7.93. The van der Waals surface area contributed by atoms with Crippen molar-refractivity contribution in [3.63, 3.8) is 0 Å². The molecule has 0 bridgehead atoms. The van der Waals surface area contributed by atoms with Gasteiger partial charge in [-0.2, -0.15) is 21.6 Å². The van der Waals surface area contributed by atoms with Gasteiger partial charge in [-0.25, -0.2) is 0 Å². The van der Waals surface area contributed by atoms with Crippen LogP contribution in [0, 0.1) is 10.1 Å². The highest BCUT2D eigenvalue weighted by atomic mass is 32.2. The highest BCUT2D eigenvalue weighted by molar-refractivity contribution is 7.93. The van der Waals surface area contributed by atoms with Crippen molar-refractivity contribution in [3.05, 3.63) is 34.4 Å². The van der Waals surface area contributed by atoms with Gasteiger partial charge in [-0.3, -0.25) is 14.8 Å². The molecular formula is C7H5F3N2O4S. The highest BCUT2D eigenvalue weighted by Gasteiger charge is 2.46. The molecule has 0 aliphatic carbocycles. The summed E-state index contributed by atoms with van der Waals surface area (Å²) in [6.07, 6.45) is 0. The Bertz CT molecular complexity index is 540. The number of para-hydroxylation sites is 2. The van der Waals surface area contributed by atoms with Gasteiger partial charge in [0.2, 0.25) is 0 Å². The van der Waals surface area contributed by atoms with E-state index in [9.17, 15) is 31.7 Å². The predicted octanol–water partition coefficient (Wildman–Crippen LogP) is 1.86. The van der Waals surface area contributed by atoms with Gasteiger partial charge in [0.15, 0.2) is 0 Å². The number of anilines is 1. The van der Waals surface area contributed by atoms with Crippen molar-refractivity contribution in [3.8, 4) is 0 Å². The van der Waals surface area contributed by atoms with Crippen molar-refractivity contribution in [2.75, 3.05) is 4.72 Å². The number of hydrogen-bond acceptors (Lipinski definition) is 4. The summed E-state index contributed by atoms with van der Waals surface area (Å²) in [4.78, 5) is 9.45. The molecule has 0 saturated heterocycles. The van der Waals surface area contributed by atoms with Gasteiger partial charge in [0.25, 0.3) is 5.69 Å². The second-order valence-electron chi connectivity index (χ2n) is 2.83. The van der Waals surface area contributed by atoms with Gasteiger partial charge in [0.1, 0.15) is 5.69 Å². The second kappa shape index (κ2) is 4.20. The van der Waals surface area contributed by atoms with Gasteiger partial charge < -0.3 is 0 Å². The lowest BCUT2D eigenvalue weighted by molar-refractivity contribution is -0.383. The van der Waals surface area contributed by atoms with Gasteiger partial charge in [0.05, 0.1) is 4.92 Å². The van der Waals surface area contributed by atoms with Crippen LogP contribution in [0.3, 0.4) is 0 Å². The van der Waals surface area contributed by atoms with Gasteiger partial charge in [-0.05, 0) is 6.07 Å². The number of benzene rings is 1. The molecule has 1 aromatic rings. The van der Waals surface area contributed by atoms with Gasteiger partial charge in [-0.15, -0.1) is 0 Å². The van der Waals surface area contributed by atoms with E-state index in [2.05, 4.69) is 0 Å². The number of nitro groups is 1. The number of sulfonamides is 1. The molecule has 94 valence electrons. The number of nitrogens with one attached hydrogen (secondary N) is 1. The van der Waals surface area contributed by atoms with Gasteiger partial charge >= 0.3 is 15.5 Å². The SMILES string of the molecule is O=[N+]([O-])c1ccccc1NS(=O)(=O)C(F)(F)F. The summed E-state index contributed by atoms with van der Waals surface area (Å²) in [6, 6.07) is 4.11. The van der Waals surface area contributed by atoms with Crippen molar-refractivity contribution in [1.29, 1.82) is 0 Å². The maximum Gasteiger partial charge on any atom is 0.516 e. The minimum Gasteiger partial charge on any atom is -0.269 e. The van der Waals surface area contributed by atoms with Crippen LogP contribution in [0.5, 0.6) is 0 Å². The summed E-state index contributed by atoms with van der Waals surface area (Å²) in [6.45, 7) is 0. The number of rotatable bonds is 3. The first-order valence-electron chi connectivity index (χ1n) is 3.97. The van der Waals surface area contributed by atoms with E-state index in [0.29, 0.717) is 0 Å². The zero-order chi connectivity index (χ0) is 13.3. The van der Waals surface area contributed by atoms with Crippen molar-refractivity contribution in [2.45, 2.75) is 5.51 Å². The molecule has 17 heavy (non-hydrogen) atoms. The standard InChI is InChI=1S/C7H5F3N2O4S/c8-7(9,10)17(15,16)11-5-3-1-2-4-6(5)12(13)14/h1-4,11H. The quantitative estimate of drug-likeness (QED) is 0.670. The monoisotopic (exact) mass is 270 g/mol. The second-order valence-corrected chi connectivity index (χ2v) is 4.50. The topological polar surface area (TPSA) is 89.3 Å². The summed E-state index contributed by atoms with van der Waals surface area (Å²) in [7, 11) is -5.66. The Morgan fingerprint density at radius 3 is 2.24 bits per heavy atom. The summed E-state index contributed by atoms with van der Waals surface area (Å²) in [5.74, 6) is 0. The molecule has 0 saturated carbocycles. The number of nitro benzene ring substituents is 1. The van der Waals surface area contributed by atoms with E-state index in [-0.39, 0.29) is 0 Å². The minimum absolute atomic E-state index is 0.741. The van der Waals surface area contributed by atoms with E-state index in [0.717, 1.165) is 16.9 Å². The summed E-state index contributed by atoms with van der Waals surface area (Å²) < 4.78 is 58.7. The van der Waals surface area contributed by atoms with Crippen LogP contribution in [-0.2, 0) is 10.0 Å². The fourth-order valence-electron chi connectivity index (χ4n) is 0.922. The van der Waals surface area contributed by atoms with E-state index in [1.807, 2.05) is 0 Å². The first-order chi connectivity index (χ1) is 7.65. The van der Waals surface area contributed by atoms with E-state index in [4.69, 9.17) is 0 Å². The van der Waals surface area contributed by atoms with Crippen LogP contribution in [0.15, 0.2) is 24.3 Å². The van der Waals surface area contributed by atoms with Crippen LogP contribution in [0.2, 0.25) is 0 Å². The van der Waals surface area contributed by atoms with E-state index in [1.54, 1.807) is 0 Å². The Hall–Kier alpha value is -1.84. The maximum absolute atomic E-state index is 12.0. The molecule has 0 spiro atoms. The molecular weight excluding hydrogens is 265 g/mol. The molecule has 0 fully saturated rings. The number of hydrogen-bond donors (Lipinski definition) is 1. The van der Waals surface area contributed by atoms with Crippen molar-refractivity contribution in [1.82, 2.24) is 0 Å². The summed E-state index contributed by atoms with van der Waals surface area (Å²) >= 11 is 0. The molecule has 0 atom stereocenters. The highest BCUT2D eigenvalue weighted by Crippen LogP contribution is 2.29. The largest absolute Gasteiger partial charge is 0.516 e. The lowest BCUT2D eigenvalue weighted by atomic mass is 10.3. The Morgan fingerprint density at radius 1 is 1.24 bits per heavy atom. The Kier molecular flexibility index (Phi) is 3.27. The van der Waals surface area contributed by atoms with Crippen LogP contribution in [-0.4, -0.2) is 18.8 Å². The van der Waals surface area contributed by atoms with Crippen LogP contribution in [0.25, 0.3) is 0 Å². The first kappa shape index (κ1) is 13.2. The van der Waals surface area contributed by atoms with Crippen LogP contribution < -0.4 is 4.72 Å². The number of alkyl halides is 3. The zero-order valence-corrected chi connectivity index (χ0v) is 8.75. The molecule has 0 amide bonds. The smallest absolute Gasteiger partial charge is 0.269 e. The fraction of sp³-hybridized carbons (Fsp3) is 0.143. The molecule has 1 aromatic carbocycles. The van der Waals surface area contributed by atoms with Gasteiger partial charge in [-0.1, -0.05) is 12.1 Å². The van der Waals surface area contributed by atoms with E-state index in [1.165, 1.54) is 12.1 Å². The molecule has 1 N–H and O–H groups in total. The summed E-state index contributed by atoms with van der Waals surface area (Å²) in [5, 5.41) is 10.4. The normalized spacial score (nSPS) is 12.2. The maximum atomic E-state index is 12.0. The molecule has 0 aromatic heterocycles. The van der Waals surface area contributed by atoms with Gasteiger partial charge in [0, 0.05) is 6.07 Å². The third kappa shape index (κ3) is 2.84. The Morgan fingerprint density at radius 2 is 1.76 bits per heavy atom. The Balaban J connectivity index is 3.18. The van der Waals surface area contributed by atoms with Crippen molar-refractivity contribution >= 4 is 21.4 Å². The average Bonchev–Trinajstić information content (AvgIpc) is 2.15. The van der Waals surface area contributed by atoms with Crippen molar-refractivity contribution in [2.24, 2.45) is 0 Å².